The molecule has 1 atom stereocenters. The largest absolute Gasteiger partial charge is 0.336 e. The van der Waals surface area contributed by atoms with Gasteiger partial charge in [-0.3, -0.25) is 9.89 Å². The lowest BCUT2D eigenvalue weighted by Gasteiger charge is -2.16. The fraction of sp³-hybridized carbons (Fsp3) is 0.733. The topological polar surface area (TPSA) is 61.0 Å². The van der Waals surface area contributed by atoms with Gasteiger partial charge in [0, 0.05) is 31.4 Å². The number of nitrogens with zero attached hydrogens (tertiary/aromatic N) is 2. The maximum absolute atomic E-state index is 13.6. The number of amides is 1. The van der Waals surface area contributed by atoms with Gasteiger partial charge in [0.15, 0.2) is 0 Å². The summed E-state index contributed by atoms with van der Waals surface area (Å²) in [5, 5.41) is 10.3. The van der Waals surface area contributed by atoms with Crippen LogP contribution in [-0.4, -0.2) is 52.3 Å². The lowest BCUT2D eigenvalue weighted by molar-refractivity contribution is 0.0783. The first-order valence-corrected chi connectivity index (χ1v) is 7.74. The number of aromatic nitrogens is 2. The van der Waals surface area contributed by atoms with Crippen LogP contribution in [-0.2, 0) is 0 Å². The van der Waals surface area contributed by atoms with Gasteiger partial charge in [-0.2, -0.15) is 5.10 Å². The second kappa shape index (κ2) is 5.40. The fourth-order valence-electron chi connectivity index (χ4n) is 2.65. The Bertz CT molecular complexity index is 523. The minimum atomic E-state index is -0.980. The van der Waals surface area contributed by atoms with Gasteiger partial charge in [-0.15, -0.1) is 0 Å². The Morgan fingerprint density at radius 2 is 2.38 bits per heavy atom. The number of rotatable bonds is 5. The van der Waals surface area contributed by atoms with E-state index in [-0.39, 0.29) is 11.9 Å². The van der Waals surface area contributed by atoms with Gasteiger partial charge < -0.3 is 10.2 Å². The Labute approximate surface area is 124 Å². The zero-order valence-electron chi connectivity index (χ0n) is 12.7. The number of H-pyrrole nitrogens is 1. The second-order valence-corrected chi connectivity index (χ2v) is 6.63. The van der Waals surface area contributed by atoms with E-state index in [0.29, 0.717) is 44.1 Å². The summed E-state index contributed by atoms with van der Waals surface area (Å²) < 4.78 is 13.6. The third-order valence-electron chi connectivity index (χ3n) is 4.41. The predicted octanol–water partition coefficient (Wildman–Crippen LogP) is 1.84. The summed E-state index contributed by atoms with van der Waals surface area (Å²) in [6, 6.07) is 2.03. The van der Waals surface area contributed by atoms with Gasteiger partial charge in [0.25, 0.3) is 5.91 Å². The molecule has 1 amide bonds. The summed E-state index contributed by atoms with van der Waals surface area (Å²) in [5.74, 6) is 0.287. The molecule has 116 valence electrons. The van der Waals surface area contributed by atoms with Crippen molar-refractivity contribution in [2.24, 2.45) is 0 Å². The zero-order chi connectivity index (χ0) is 15.0. The van der Waals surface area contributed by atoms with E-state index in [1.54, 1.807) is 4.90 Å². The Kier molecular flexibility index (Phi) is 3.73. The lowest BCUT2D eigenvalue weighted by Crippen LogP contribution is -2.38. The van der Waals surface area contributed by atoms with Crippen molar-refractivity contribution < 1.29 is 9.18 Å². The molecule has 3 rings (SSSR count). The van der Waals surface area contributed by atoms with Crippen molar-refractivity contribution >= 4 is 5.91 Å². The fourth-order valence-corrected chi connectivity index (χ4v) is 2.65. The van der Waals surface area contributed by atoms with Crippen LogP contribution in [0, 0.1) is 0 Å². The molecule has 2 fully saturated rings. The van der Waals surface area contributed by atoms with Crippen molar-refractivity contribution in [2.45, 2.75) is 50.7 Å². The van der Waals surface area contributed by atoms with Crippen LogP contribution in [0.4, 0.5) is 4.39 Å². The van der Waals surface area contributed by atoms with Crippen molar-refractivity contribution in [1.29, 1.82) is 0 Å². The maximum Gasteiger partial charge on any atom is 0.274 e. The number of hydrogen-bond acceptors (Lipinski definition) is 3. The summed E-state index contributed by atoms with van der Waals surface area (Å²) in [4.78, 5) is 14.2. The highest BCUT2D eigenvalue weighted by Gasteiger charge is 2.43. The molecule has 2 heterocycles. The smallest absolute Gasteiger partial charge is 0.274 e. The molecule has 0 radical (unpaired) electrons. The van der Waals surface area contributed by atoms with Crippen LogP contribution in [0.3, 0.4) is 0 Å². The number of nitrogens with one attached hydrogen (secondary N) is 2. The van der Waals surface area contributed by atoms with Crippen LogP contribution < -0.4 is 5.32 Å². The van der Waals surface area contributed by atoms with Crippen LogP contribution in [0.15, 0.2) is 6.07 Å². The van der Waals surface area contributed by atoms with Crippen molar-refractivity contribution in [3.63, 3.8) is 0 Å². The van der Waals surface area contributed by atoms with Gasteiger partial charge in [0.2, 0.25) is 0 Å². The molecule has 1 aromatic rings. The summed E-state index contributed by atoms with van der Waals surface area (Å²) >= 11 is 0. The van der Waals surface area contributed by atoms with Gasteiger partial charge in [-0.25, -0.2) is 4.39 Å². The van der Waals surface area contributed by atoms with Crippen LogP contribution >= 0.6 is 0 Å². The monoisotopic (exact) mass is 294 g/mol. The average molecular weight is 294 g/mol. The number of halogens is 1. The molecule has 0 spiro atoms. The number of alkyl halides is 1. The van der Waals surface area contributed by atoms with E-state index in [1.807, 2.05) is 6.07 Å². The van der Waals surface area contributed by atoms with E-state index in [1.165, 1.54) is 0 Å². The molecule has 0 unspecified atom stereocenters. The Morgan fingerprint density at radius 1 is 1.62 bits per heavy atom. The third kappa shape index (κ3) is 3.26. The highest BCUT2D eigenvalue weighted by molar-refractivity contribution is 5.92. The van der Waals surface area contributed by atoms with Crippen molar-refractivity contribution in [1.82, 2.24) is 20.4 Å². The quantitative estimate of drug-likeness (QED) is 0.871. The first kappa shape index (κ1) is 14.5. The van der Waals surface area contributed by atoms with Crippen molar-refractivity contribution in [2.75, 3.05) is 19.6 Å². The molecule has 1 aliphatic heterocycles. The number of likely N-dealkylation sites (tertiary alicyclic amines) is 1. The Balaban J connectivity index is 1.53. The second-order valence-electron chi connectivity index (χ2n) is 6.63. The minimum Gasteiger partial charge on any atom is -0.336 e. The van der Waals surface area contributed by atoms with E-state index in [4.69, 9.17) is 0 Å². The van der Waals surface area contributed by atoms with E-state index in [2.05, 4.69) is 29.4 Å². The normalized spacial score (nSPS) is 23.8. The van der Waals surface area contributed by atoms with E-state index in [0.717, 1.165) is 12.1 Å². The van der Waals surface area contributed by atoms with E-state index >= 15 is 0 Å². The first-order chi connectivity index (χ1) is 9.97. The highest BCUT2D eigenvalue weighted by atomic mass is 19.1. The molecule has 21 heavy (non-hydrogen) atoms. The molecule has 1 saturated carbocycles. The van der Waals surface area contributed by atoms with Crippen molar-refractivity contribution in [3.8, 4) is 0 Å². The van der Waals surface area contributed by atoms with E-state index < -0.39 is 5.67 Å². The summed E-state index contributed by atoms with van der Waals surface area (Å²) in [5.41, 5.74) is 0.468. The molecule has 1 saturated heterocycles. The molecule has 0 bridgehead atoms. The van der Waals surface area contributed by atoms with Gasteiger partial charge in [0.05, 0.1) is 0 Å². The zero-order valence-corrected chi connectivity index (χ0v) is 12.7. The van der Waals surface area contributed by atoms with Gasteiger partial charge >= 0.3 is 0 Å². The lowest BCUT2D eigenvalue weighted by atomic mass is 10.1. The molecule has 5 nitrogen and oxygen atoms in total. The molecule has 2 N–H and O–H groups in total. The average Bonchev–Trinajstić information content (AvgIpc) is 2.90. The van der Waals surface area contributed by atoms with Crippen LogP contribution in [0.25, 0.3) is 0 Å². The summed E-state index contributed by atoms with van der Waals surface area (Å²) in [6.45, 7) is 5.88. The molecular formula is C15H23FN4O. The molecular weight excluding hydrogens is 271 g/mol. The predicted molar refractivity (Wildman–Crippen MR) is 78.1 cm³/mol. The summed E-state index contributed by atoms with van der Waals surface area (Å²) in [7, 11) is 0. The van der Waals surface area contributed by atoms with Gasteiger partial charge in [0.1, 0.15) is 11.4 Å². The van der Waals surface area contributed by atoms with Gasteiger partial charge in [-0.05, 0) is 31.2 Å². The first-order valence-electron chi connectivity index (χ1n) is 7.74. The number of carbonyl (C=O) groups excluding carboxylic acids is 1. The van der Waals surface area contributed by atoms with Crippen LogP contribution in [0.2, 0.25) is 0 Å². The van der Waals surface area contributed by atoms with Crippen LogP contribution in [0.5, 0.6) is 0 Å². The number of carbonyl (C=O) groups is 1. The maximum atomic E-state index is 13.6. The molecule has 6 heteroatoms. The number of hydrogen-bond donors (Lipinski definition) is 2. The highest BCUT2D eigenvalue weighted by Crippen LogP contribution is 2.39. The third-order valence-corrected chi connectivity index (χ3v) is 4.41. The Hall–Kier alpha value is -1.43. The molecule has 1 aliphatic carbocycles. The van der Waals surface area contributed by atoms with Crippen LogP contribution in [0.1, 0.15) is 55.2 Å². The van der Waals surface area contributed by atoms with E-state index in [9.17, 15) is 9.18 Å². The van der Waals surface area contributed by atoms with Crippen molar-refractivity contribution in [3.05, 3.63) is 17.5 Å². The molecule has 1 aromatic heterocycles. The SMILES string of the molecule is CC(C)c1cc(C(=O)N2CC[C@@H](NCC3(F)CC3)C2)n[nH]1. The number of aromatic amines is 1. The summed E-state index contributed by atoms with van der Waals surface area (Å²) in [6.07, 6.45) is 2.21. The Morgan fingerprint density at radius 3 is 3.00 bits per heavy atom. The van der Waals surface area contributed by atoms with Gasteiger partial charge in [-0.1, -0.05) is 13.8 Å². The molecule has 2 aliphatic rings. The standard InChI is InChI=1S/C15H23FN4O/c1-10(2)12-7-13(19-18-12)14(21)20-6-3-11(8-20)17-9-15(16)4-5-15/h7,10-11,17H,3-6,8-9H2,1-2H3,(H,18,19)/t11-/m1/s1. The molecule has 0 aromatic carbocycles. The minimum absolute atomic E-state index is 0.0381.